The van der Waals surface area contributed by atoms with E-state index in [1.807, 2.05) is 6.92 Å². The highest BCUT2D eigenvalue weighted by atomic mass is 16.5. The lowest BCUT2D eigenvalue weighted by Crippen LogP contribution is -2.06. The van der Waals surface area contributed by atoms with E-state index in [0.717, 1.165) is 5.56 Å². The standard InChI is InChI=1S/C10H13NO3/c1-6-4-7(10(12)14-3)8(11)5-9(6)13-2/h4-5H,11H2,1-3H3. The average molecular weight is 195 g/mol. The van der Waals surface area contributed by atoms with Gasteiger partial charge in [-0.3, -0.25) is 0 Å². The van der Waals surface area contributed by atoms with E-state index >= 15 is 0 Å². The molecule has 0 aromatic heterocycles. The molecule has 0 fully saturated rings. The second-order valence-corrected chi connectivity index (χ2v) is 2.90. The van der Waals surface area contributed by atoms with Crippen LogP contribution in [0.4, 0.5) is 5.69 Å². The van der Waals surface area contributed by atoms with Gasteiger partial charge in [-0.25, -0.2) is 4.79 Å². The largest absolute Gasteiger partial charge is 0.496 e. The molecule has 1 aromatic carbocycles. The lowest BCUT2D eigenvalue weighted by atomic mass is 10.1. The van der Waals surface area contributed by atoms with Crippen LogP contribution in [0.2, 0.25) is 0 Å². The Hall–Kier alpha value is -1.71. The predicted molar refractivity (Wildman–Crippen MR) is 53.5 cm³/mol. The first kappa shape index (κ1) is 10.4. The molecule has 0 aliphatic carbocycles. The zero-order valence-corrected chi connectivity index (χ0v) is 8.46. The van der Waals surface area contributed by atoms with E-state index in [9.17, 15) is 4.79 Å². The Kier molecular flexibility index (Phi) is 2.96. The second kappa shape index (κ2) is 4.00. The van der Waals surface area contributed by atoms with Crippen molar-refractivity contribution in [2.45, 2.75) is 6.92 Å². The fourth-order valence-corrected chi connectivity index (χ4v) is 1.21. The SMILES string of the molecule is COC(=O)c1cc(C)c(OC)cc1N. The first-order valence-corrected chi connectivity index (χ1v) is 4.12. The van der Waals surface area contributed by atoms with Crippen LogP contribution in [0.3, 0.4) is 0 Å². The summed E-state index contributed by atoms with van der Waals surface area (Å²) >= 11 is 0. The van der Waals surface area contributed by atoms with Gasteiger partial charge in [0, 0.05) is 11.8 Å². The number of nitrogen functional groups attached to an aromatic ring is 1. The summed E-state index contributed by atoms with van der Waals surface area (Å²) in [5.41, 5.74) is 7.24. The van der Waals surface area contributed by atoms with E-state index in [1.165, 1.54) is 7.11 Å². The highest BCUT2D eigenvalue weighted by Gasteiger charge is 2.12. The molecule has 0 heterocycles. The molecular weight excluding hydrogens is 182 g/mol. The molecule has 4 nitrogen and oxygen atoms in total. The van der Waals surface area contributed by atoms with E-state index in [0.29, 0.717) is 17.0 Å². The fourth-order valence-electron chi connectivity index (χ4n) is 1.21. The van der Waals surface area contributed by atoms with Crippen molar-refractivity contribution in [3.8, 4) is 5.75 Å². The molecule has 0 radical (unpaired) electrons. The van der Waals surface area contributed by atoms with Crippen LogP contribution in [0.1, 0.15) is 15.9 Å². The summed E-state index contributed by atoms with van der Waals surface area (Å²) in [4.78, 5) is 11.2. The van der Waals surface area contributed by atoms with Crippen molar-refractivity contribution in [2.24, 2.45) is 0 Å². The van der Waals surface area contributed by atoms with Crippen molar-refractivity contribution in [3.63, 3.8) is 0 Å². The molecule has 0 spiro atoms. The number of hydrogen-bond acceptors (Lipinski definition) is 4. The molecule has 0 saturated heterocycles. The van der Waals surface area contributed by atoms with Gasteiger partial charge in [-0.2, -0.15) is 0 Å². The number of ether oxygens (including phenoxy) is 2. The van der Waals surface area contributed by atoms with E-state index < -0.39 is 5.97 Å². The number of carbonyl (C=O) groups is 1. The second-order valence-electron chi connectivity index (χ2n) is 2.90. The van der Waals surface area contributed by atoms with Crippen LogP contribution < -0.4 is 10.5 Å². The summed E-state index contributed by atoms with van der Waals surface area (Å²) in [6, 6.07) is 3.27. The van der Waals surface area contributed by atoms with Crippen LogP contribution in [0, 0.1) is 6.92 Å². The van der Waals surface area contributed by atoms with Gasteiger partial charge in [-0.15, -0.1) is 0 Å². The van der Waals surface area contributed by atoms with Gasteiger partial charge in [-0.05, 0) is 18.6 Å². The van der Waals surface area contributed by atoms with Crippen molar-refractivity contribution >= 4 is 11.7 Å². The van der Waals surface area contributed by atoms with Crippen LogP contribution >= 0.6 is 0 Å². The van der Waals surface area contributed by atoms with Crippen LogP contribution in [-0.2, 0) is 4.74 Å². The Morgan fingerprint density at radius 1 is 1.36 bits per heavy atom. The smallest absolute Gasteiger partial charge is 0.339 e. The fraction of sp³-hybridized carbons (Fsp3) is 0.300. The topological polar surface area (TPSA) is 61.5 Å². The Morgan fingerprint density at radius 2 is 2.00 bits per heavy atom. The van der Waals surface area contributed by atoms with Crippen molar-refractivity contribution in [2.75, 3.05) is 20.0 Å². The molecule has 0 atom stereocenters. The summed E-state index contributed by atoms with van der Waals surface area (Å²) < 4.78 is 9.65. The van der Waals surface area contributed by atoms with Crippen molar-refractivity contribution < 1.29 is 14.3 Å². The van der Waals surface area contributed by atoms with Gasteiger partial charge in [0.25, 0.3) is 0 Å². The average Bonchev–Trinajstić information content (AvgIpc) is 2.19. The summed E-state index contributed by atoms with van der Waals surface area (Å²) in [5.74, 6) is 0.225. The molecule has 2 N–H and O–H groups in total. The zero-order chi connectivity index (χ0) is 10.7. The van der Waals surface area contributed by atoms with Gasteiger partial charge < -0.3 is 15.2 Å². The first-order chi connectivity index (χ1) is 6.60. The number of aryl methyl sites for hydroxylation is 1. The molecule has 1 rings (SSSR count). The number of methoxy groups -OCH3 is 2. The minimum atomic E-state index is -0.437. The molecule has 0 aliphatic rings. The quantitative estimate of drug-likeness (QED) is 0.572. The normalized spacial score (nSPS) is 9.64. The maximum atomic E-state index is 11.2. The summed E-state index contributed by atoms with van der Waals surface area (Å²) in [6.45, 7) is 1.84. The van der Waals surface area contributed by atoms with Crippen LogP contribution in [0.25, 0.3) is 0 Å². The van der Waals surface area contributed by atoms with Gasteiger partial charge in [0.2, 0.25) is 0 Å². The molecule has 0 aliphatic heterocycles. The molecule has 14 heavy (non-hydrogen) atoms. The lowest BCUT2D eigenvalue weighted by molar-refractivity contribution is 0.0602. The Bertz CT molecular complexity index is 361. The Labute approximate surface area is 82.6 Å². The third kappa shape index (κ3) is 1.79. The monoisotopic (exact) mass is 195 g/mol. The maximum Gasteiger partial charge on any atom is 0.339 e. The number of rotatable bonds is 2. The van der Waals surface area contributed by atoms with Crippen LogP contribution in [0.15, 0.2) is 12.1 Å². The van der Waals surface area contributed by atoms with Crippen molar-refractivity contribution in [1.29, 1.82) is 0 Å². The minimum absolute atomic E-state index is 0.360. The van der Waals surface area contributed by atoms with Gasteiger partial charge in [-0.1, -0.05) is 0 Å². The van der Waals surface area contributed by atoms with Crippen molar-refractivity contribution in [1.82, 2.24) is 0 Å². The van der Waals surface area contributed by atoms with E-state index in [2.05, 4.69) is 4.74 Å². The zero-order valence-electron chi connectivity index (χ0n) is 8.46. The highest BCUT2D eigenvalue weighted by Crippen LogP contribution is 2.24. The highest BCUT2D eigenvalue weighted by molar-refractivity contribution is 5.95. The number of esters is 1. The summed E-state index contributed by atoms with van der Waals surface area (Å²) in [5, 5.41) is 0. The van der Waals surface area contributed by atoms with Crippen molar-refractivity contribution in [3.05, 3.63) is 23.3 Å². The molecule has 0 saturated carbocycles. The summed E-state index contributed by atoms with van der Waals surface area (Å²) in [6.07, 6.45) is 0. The third-order valence-corrected chi connectivity index (χ3v) is 1.97. The number of carbonyl (C=O) groups excluding carboxylic acids is 1. The van der Waals surface area contributed by atoms with E-state index in [1.54, 1.807) is 19.2 Å². The molecule has 4 heteroatoms. The molecule has 0 bridgehead atoms. The van der Waals surface area contributed by atoms with Gasteiger partial charge in [0.15, 0.2) is 0 Å². The molecular formula is C10H13NO3. The molecule has 0 amide bonds. The Balaban J connectivity index is 3.21. The maximum absolute atomic E-state index is 11.2. The minimum Gasteiger partial charge on any atom is -0.496 e. The number of hydrogen-bond donors (Lipinski definition) is 1. The third-order valence-electron chi connectivity index (χ3n) is 1.97. The number of benzene rings is 1. The van der Waals surface area contributed by atoms with E-state index in [-0.39, 0.29) is 0 Å². The molecule has 76 valence electrons. The predicted octanol–water partition coefficient (Wildman–Crippen LogP) is 1.37. The lowest BCUT2D eigenvalue weighted by Gasteiger charge is -2.09. The van der Waals surface area contributed by atoms with Crippen LogP contribution in [-0.4, -0.2) is 20.2 Å². The number of anilines is 1. The first-order valence-electron chi connectivity index (χ1n) is 4.12. The molecule has 1 aromatic rings. The van der Waals surface area contributed by atoms with Crippen LogP contribution in [0.5, 0.6) is 5.75 Å². The van der Waals surface area contributed by atoms with Gasteiger partial charge >= 0.3 is 5.97 Å². The van der Waals surface area contributed by atoms with E-state index in [4.69, 9.17) is 10.5 Å². The molecule has 0 unspecified atom stereocenters. The summed E-state index contributed by atoms with van der Waals surface area (Å²) in [7, 11) is 2.88. The van der Waals surface area contributed by atoms with Gasteiger partial charge in [0.05, 0.1) is 19.8 Å². The van der Waals surface area contributed by atoms with Gasteiger partial charge in [0.1, 0.15) is 5.75 Å². The number of nitrogens with two attached hydrogens (primary N) is 1. The Morgan fingerprint density at radius 3 is 2.50 bits per heavy atom.